The summed E-state index contributed by atoms with van der Waals surface area (Å²) in [5.74, 6) is -0.664. The fourth-order valence-electron chi connectivity index (χ4n) is 2.38. The maximum Gasteiger partial charge on any atom is 0.343 e. The molecule has 0 aliphatic rings. The van der Waals surface area contributed by atoms with Gasteiger partial charge in [-0.15, -0.1) is 5.73 Å². The van der Waals surface area contributed by atoms with Gasteiger partial charge in [0.15, 0.2) is 0 Å². The second-order valence-electron chi connectivity index (χ2n) is 5.59. The Balaban J connectivity index is 2.46. The van der Waals surface area contributed by atoms with Crippen LogP contribution in [0.3, 0.4) is 0 Å². The number of carbonyl (C=O) groups is 1. The van der Waals surface area contributed by atoms with Crippen LogP contribution in [0, 0.1) is 6.92 Å². The minimum absolute atomic E-state index is 0.00809. The molecule has 1 N–H and O–H groups in total. The molecule has 0 radical (unpaired) electrons. The standard InChI is InChI=1S/C20H21NO4S/c1-4-18(20(22)25-5-2)19(16-9-7-6-8-10-16)21-26(23,24)17-13-11-15(3)12-14-17/h6-14,19,21H,1,5H2,2-3H3/t19-/m1/s1. The summed E-state index contributed by atoms with van der Waals surface area (Å²) in [5.41, 5.74) is 4.07. The maximum atomic E-state index is 12.8. The summed E-state index contributed by atoms with van der Waals surface area (Å²) in [6.07, 6.45) is 0. The highest BCUT2D eigenvalue weighted by Gasteiger charge is 2.28. The second kappa shape index (κ2) is 8.63. The van der Waals surface area contributed by atoms with E-state index in [-0.39, 0.29) is 17.1 Å². The van der Waals surface area contributed by atoms with Crippen LogP contribution in [0.4, 0.5) is 0 Å². The number of benzene rings is 2. The lowest BCUT2D eigenvalue weighted by atomic mass is 10.0. The van der Waals surface area contributed by atoms with Gasteiger partial charge in [0.2, 0.25) is 10.0 Å². The van der Waals surface area contributed by atoms with Gasteiger partial charge in [0.05, 0.1) is 17.5 Å². The van der Waals surface area contributed by atoms with Crippen molar-refractivity contribution in [1.82, 2.24) is 4.72 Å². The summed E-state index contributed by atoms with van der Waals surface area (Å²) in [7, 11) is -3.87. The zero-order chi connectivity index (χ0) is 19.2. The van der Waals surface area contributed by atoms with Crippen LogP contribution in [0.1, 0.15) is 24.1 Å². The zero-order valence-corrected chi connectivity index (χ0v) is 15.5. The molecule has 0 aliphatic carbocycles. The highest BCUT2D eigenvalue weighted by atomic mass is 32.2. The molecule has 0 saturated heterocycles. The van der Waals surface area contributed by atoms with Crippen LogP contribution < -0.4 is 4.72 Å². The van der Waals surface area contributed by atoms with E-state index in [0.717, 1.165) is 5.56 Å². The summed E-state index contributed by atoms with van der Waals surface area (Å²) in [6, 6.07) is 14.3. The van der Waals surface area contributed by atoms with E-state index in [0.29, 0.717) is 5.56 Å². The molecule has 136 valence electrons. The first-order chi connectivity index (χ1) is 12.4. The molecule has 0 aromatic heterocycles. The van der Waals surface area contributed by atoms with Crippen LogP contribution in [0.2, 0.25) is 0 Å². The minimum Gasteiger partial charge on any atom is -0.462 e. The number of hydrogen-bond donors (Lipinski definition) is 1. The normalized spacial score (nSPS) is 12.1. The fourth-order valence-corrected chi connectivity index (χ4v) is 3.58. The number of rotatable bonds is 7. The first kappa shape index (κ1) is 19.7. The van der Waals surface area contributed by atoms with E-state index in [4.69, 9.17) is 4.74 Å². The summed E-state index contributed by atoms with van der Waals surface area (Å²) in [6.45, 7) is 7.23. The molecule has 0 bridgehead atoms. The van der Waals surface area contributed by atoms with Gasteiger partial charge in [-0.1, -0.05) is 54.6 Å². The van der Waals surface area contributed by atoms with E-state index in [1.807, 2.05) is 6.92 Å². The van der Waals surface area contributed by atoms with Crippen molar-refractivity contribution in [2.75, 3.05) is 6.61 Å². The quantitative estimate of drug-likeness (QED) is 0.460. The van der Waals surface area contributed by atoms with Crippen molar-refractivity contribution in [3.8, 4) is 0 Å². The molecule has 2 aromatic rings. The highest BCUT2D eigenvalue weighted by Crippen LogP contribution is 2.25. The Morgan fingerprint density at radius 2 is 1.77 bits per heavy atom. The average molecular weight is 371 g/mol. The zero-order valence-electron chi connectivity index (χ0n) is 14.7. The molecule has 2 aromatic carbocycles. The van der Waals surface area contributed by atoms with Crippen molar-refractivity contribution in [2.45, 2.75) is 24.8 Å². The minimum atomic E-state index is -3.87. The fraction of sp³-hybridized carbons (Fsp3) is 0.200. The number of esters is 1. The number of hydrogen-bond acceptors (Lipinski definition) is 4. The topological polar surface area (TPSA) is 72.5 Å². The third-order valence-electron chi connectivity index (χ3n) is 3.71. The molecule has 2 rings (SSSR count). The molecule has 0 spiro atoms. The van der Waals surface area contributed by atoms with E-state index < -0.39 is 22.0 Å². The molecule has 26 heavy (non-hydrogen) atoms. The Kier molecular flexibility index (Phi) is 6.52. The number of aryl methyl sites for hydroxylation is 1. The van der Waals surface area contributed by atoms with Gasteiger partial charge >= 0.3 is 5.97 Å². The van der Waals surface area contributed by atoms with Crippen LogP contribution in [0.5, 0.6) is 0 Å². The highest BCUT2D eigenvalue weighted by molar-refractivity contribution is 7.89. The smallest absolute Gasteiger partial charge is 0.343 e. The molecule has 0 fully saturated rings. The van der Waals surface area contributed by atoms with Gasteiger partial charge in [-0.2, -0.15) is 4.72 Å². The molecule has 6 heteroatoms. The number of carbonyl (C=O) groups excluding carboxylic acids is 1. The molecule has 0 aliphatic heterocycles. The van der Waals surface area contributed by atoms with E-state index in [2.05, 4.69) is 17.0 Å². The van der Waals surface area contributed by atoms with E-state index in [9.17, 15) is 13.2 Å². The van der Waals surface area contributed by atoms with Gasteiger partial charge in [-0.3, -0.25) is 0 Å². The number of nitrogens with one attached hydrogen (secondary N) is 1. The van der Waals surface area contributed by atoms with E-state index in [1.165, 1.54) is 12.1 Å². The Morgan fingerprint density at radius 1 is 1.15 bits per heavy atom. The molecule has 0 saturated carbocycles. The summed E-state index contributed by atoms with van der Waals surface area (Å²) < 4.78 is 33.2. The SMILES string of the molecule is C=C=C(C(=O)OCC)[C@H](NS(=O)(=O)c1ccc(C)cc1)c1ccccc1. The summed E-state index contributed by atoms with van der Waals surface area (Å²) in [5, 5.41) is 0. The molecular weight excluding hydrogens is 350 g/mol. The van der Waals surface area contributed by atoms with E-state index in [1.54, 1.807) is 49.4 Å². The van der Waals surface area contributed by atoms with Crippen LogP contribution in [-0.4, -0.2) is 21.0 Å². The Bertz CT molecular complexity index is 912. The molecule has 1 atom stereocenters. The Hall–Kier alpha value is -2.66. The molecule has 0 unspecified atom stereocenters. The number of ether oxygens (including phenoxy) is 1. The van der Waals surface area contributed by atoms with Gasteiger partial charge in [0.1, 0.15) is 5.57 Å². The van der Waals surface area contributed by atoms with Gasteiger partial charge in [-0.05, 0) is 31.5 Å². The number of sulfonamides is 1. The molecular formula is C20H21NO4S. The predicted molar refractivity (Wildman–Crippen MR) is 100.0 cm³/mol. The lowest BCUT2D eigenvalue weighted by molar-refractivity contribution is -0.138. The largest absolute Gasteiger partial charge is 0.462 e. The van der Waals surface area contributed by atoms with E-state index >= 15 is 0 Å². The molecule has 0 heterocycles. The first-order valence-corrected chi connectivity index (χ1v) is 9.58. The third-order valence-corrected chi connectivity index (χ3v) is 5.15. The van der Waals surface area contributed by atoms with Crippen molar-refractivity contribution in [2.24, 2.45) is 0 Å². The average Bonchev–Trinajstić information content (AvgIpc) is 2.63. The second-order valence-corrected chi connectivity index (χ2v) is 7.30. The molecule has 5 nitrogen and oxygen atoms in total. The summed E-state index contributed by atoms with van der Waals surface area (Å²) in [4.78, 5) is 12.4. The first-order valence-electron chi connectivity index (χ1n) is 8.10. The van der Waals surface area contributed by atoms with Crippen LogP contribution in [0.25, 0.3) is 0 Å². The van der Waals surface area contributed by atoms with Crippen LogP contribution in [-0.2, 0) is 19.6 Å². The van der Waals surface area contributed by atoms with Gasteiger partial charge in [0, 0.05) is 0 Å². The predicted octanol–water partition coefficient (Wildman–Crippen LogP) is 3.29. The Labute approximate surface area is 154 Å². The summed E-state index contributed by atoms with van der Waals surface area (Å²) >= 11 is 0. The molecule has 0 amide bonds. The maximum absolute atomic E-state index is 12.8. The van der Waals surface area contributed by atoms with Crippen LogP contribution in [0.15, 0.2) is 77.4 Å². The van der Waals surface area contributed by atoms with Gasteiger partial charge in [0.25, 0.3) is 0 Å². The van der Waals surface area contributed by atoms with Crippen molar-refractivity contribution in [3.05, 3.63) is 83.6 Å². The van der Waals surface area contributed by atoms with Gasteiger partial charge < -0.3 is 4.74 Å². The van der Waals surface area contributed by atoms with Crippen LogP contribution >= 0.6 is 0 Å². The van der Waals surface area contributed by atoms with Crippen molar-refractivity contribution < 1.29 is 17.9 Å². The van der Waals surface area contributed by atoms with Crippen molar-refractivity contribution in [1.29, 1.82) is 0 Å². The Morgan fingerprint density at radius 3 is 2.31 bits per heavy atom. The van der Waals surface area contributed by atoms with Crippen molar-refractivity contribution >= 4 is 16.0 Å². The van der Waals surface area contributed by atoms with Crippen molar-refractivity contribution in [3.63, 3.8) is 0 Å². The monoisotopic (exact) mass is 371 g/mol. The lowest BCUT2D eigenvalue weighted by Gasteiger charge is -2.20. The third kappa shape index (κ3) is 4.70. The van der Waals surface area contributed by atoms with Gasteiger partial charge in [-0.25, -0.2) is 13.2 Å². The lowest BCUT2D eigenvalue weighted by Crippen LogP contribution is -2.32.